The highest BCUT2D eigenvalue weighted by molar-refractivity contribution is 6.19. The van der Waals surface area contributed by atoms with Crippen LogP contribution in [0.1, 0.15) is 22.3 Å². The number of carbonyl (C=O) groups excluding carboxylic acids is 1. The van der Waals surface area contributed by atoms with Gasteiger partial charge in [0.15, 0.2) is 0 Å². The number of hydrogen-bond acceptors (Lipinski definition) is 2. The lowest BCUT2D eigenvalue weighted by Crippen LogP contribution is -2.24. The maximum absolute atomic E-state index is 12.1. The normalized spacial score (nSPS) is 16.0. The fourth-order valence-electron chi connectivity index (χ4n) is 2.29. The van der Waals surface area contributed by atoms with Gasteiger partial charge in [0.25, 0.3) is 5.91 Å². The average Bonchev–Trinajstić information content (AvgIpc) is 2.83. The highest BCUT2D eigenvalue weighted by atomic mass is 16.2. The highest BCUT2D eigenvalue weighted by Crippen LogP contribution is 2.17. The maximum Gasteiger partial charge on any atom is 0.275 e. The van der Waals surface area contributed by atoms with Crippen LogP contribution in [0, 0.1) is 13.8 Å². The summed E-state index contributed by atoms with van der Waals surface area (Å²) in [6.45, 7) is 4.04. The van der Waals surface area contributed by atoms with Crippen LogP contribution in [-0.2, 0) is 4.79 Å². The molecule has 0 bridgehead atoms. The molecule has 1 heterocycles. The molecule has 1 aliphatic rings. The Hall–Kier alpha value is -2.68. The molecule has 21 heavy (non-hydrogen) atoms. The first-order valence-electron chi connectivity index (χ1n) is 6.88. The third-order valence-corrected chi connectivity index (χ3v) is 3.47. The monoisotopic (exact) mass is 276 g/mol. The van der Waals surface area contributed by atoms with E-state index in [1.54, 1.807) is 0 Å². The zero-order valence-electron chi connectivity index (χ0n) is 12.1. The van der Waals surface area contributed by atoms with Crippen molar-refractivity contribution in [1.82, 2.24) is 5.32 Å². The van der Waals surface area contributed by atoms with Gasteiger partial charge in [-0.15, -0.1) is 0 Å². The van der Waals surface area contributed by atoms with Crippen molar-refractivity contribution in [3.05, 3.63) is 76.5 Å². The van der Waals surface area contributed by atoms with Gasteiger partial charge in [0.1, 0.15) is 11.5 Å². The number of amidine groups is 1. The Morgan fingerprint density at radius 1 is 1.05 bits per heavy atom. The minimum absolute atomic E-state index is 0.158. The largest absolute Gasteiger partial charge is 0.305 e. The number of aliphatic imine (C=N–C) groups is 1. The molecule has 0 fully saturated rings. The van der Waals surface area contributed by atoms with Crippen LogP contribution in [0.3, 0.4) is 0 Å². The molecular weight excluding hydrogens is 260 g/mol. The summed E-state index contributed by atoms with van der Waals surface area (Å²) in [5.74, 6) is 0.457. The van der Waals surface area contributed by atoms with Crippen molar-refractivity contribution in [3.8, 4) is 0 Å². The van der Waals surface area contributed by atoms with Crippen LogP contribution in [0.25, 0.3) is 6.08 Å². The lowest BCUT2D eigenvalue weighted by Gasteiger charge is -2.00. The van der Waals surface area contributed by atoms with Crippen LogP contribution in [0.5, 0.6) is 0 Å². The fourth-order valence-corrected chi connectivity index (χ4v) is 2.29. The van der Waals surface area contributed by atoms with E-state index < -0.39 is 0 Å². The summed E-state index contributed by atoms with van der Waals surface area (Å²) in [6, 6.07) is 15.9. The molecule has 2 aromatic rings. The van der Waals surface area contributed by atoms with Crippen LogP contribution in [-0.4, -0.2) is 11.7 Å². The first kappa shape index (κ1) is 13.3. The average molecular weight is 276 g/mol. The first-order valence-corrected chi connectivity index (χ1v) is 6.88. The van der Waals surface area contributed by atoms with Crippen molar-refractivity contribution >= 4 is 17.8 Å². The van der Waals surface area contributed by atoms with E-state index in [0.717, 1.165) is 22.3 Å². The van der Waals surface area contributed by atoms with E-state index in [2.05, 4.69) is 10.3 Å². The Kier molecular flexibility index (Phi) is 3.40. The molecule has 0 radical (unpaired) electrons. The van der Waals surface area contributed by atoms with Crippen LogP contribution < -0.4 is 5.32 Å². The second-order valence-electron chi connectivity index (χ2n) is 5.17. The van der Waals surface area contributed by atoms with Crippen molar-refractivity contribution < 1.29 is 4.79 Å². The van der Waals surface area contributed by atoms with E-state index >= 15 is 0 Å². The number of nitrogens with zero attached hydrogens (tertiary/aromatic N) is 1. The van der Waals surface area contributed by atoms with Gasteiger partial charge in [-0.2, -0.15) is 0 Å². The van der Waals surface area contributed by atoms with E-state index in [1.165, 1.54) is 0 Å². The molecule has 1 aliphatic heterocycles. The zero-order chi connectivity index (χ0) is 14.8. The first-order chi connectivity index (χ1) is 10.1. The Labute approximate surface area is 124 Å². The molecule has 3 nitrogen and oxygen atoms in total. The topological polar surface area (TPSA) is 41.5 Å². The lowest BCUT2D eigenvalue weighted by molar-refractivity contribution is -0.115. The molecular formula is C18H16N2O. The predicted molar refractivity (Wildman–Crippen MR) is 85.0 cm³/mol. The predicted octanol–water partition coefficient (Wildman–Crippen LogP) is 3.22. The minimum atomic E-state index is -0.158. The van der Waals surface area contributed by atoms with Gasteiger partial charge in [-0.25, -0.2) is 4.99 Å². The Morgan fingerprint density at radius 2 is 1.86 bits per heavy atom. The summed E-state index contributed by atoms with van der Waals surface area (Å²) in [5, 5.41) is 2.83. The summed E-state index contributed by atoms with van der Waals surface area (Å²) in [4.78, 5) is 16.5. The third kappa shape index (κ3) is 2.77. The van der Waals surface area contributed by atoms with Crippen molar-refractivity contribution in [1.29, 1.82) is 0 Å². The Bertz CT molecular complexity index is 772. The molecule has 0 spiro atoms. The lowest BCUT2D eigenvalue weighted by atomic mass is 10.1. The van der Waals surface area contributed by atoms with Gasteiger partial charge >= 0.3 is 0 Å². The summed E-state index contributed by atoms with van der Waals surface area (Å²) in [5.41, 5.74) is 4.65. The SMILES string of the molecule is Cc1cccc(C2=N/C(=C\c3ccccc3C)C(=O)N2)c1. The smallest absolute Gasteiger partial charge is 0.275 e. The number of carbonyl (C=O) groups is 1. The van der Waals surface area contributed by atoms with Crippen LogP contribution in [0.2, 0.25) is 0 Å². The van der Waals surface area contributed by atoms with Crippen molar-refractivity contribution in [3.63, 3.8) is 0 Å². The number of hydrogen-bond donors (Lipinski definition) is 1. The molecule has 3 rings (SSSR count). The van der Waals surface area contributed by atoms with E-state index in [9.17, 15) is 4.79 Å². The molecule has 0 atom stereocenters. The fraction of sp³-hybridized carbons (Fsp3) is 0.111. The number of benzene rings is 2. The molecule has 3 heteroatoms. The number of aryl methyl sites for hydroxylation is 2. The molecule has 1 amide bonds. The van der Waals surface area contributed by atoms with Crippen LogP contribution >= 0.6 is 0 Å². The number of nitrogens with one attached hydrogen (secondary N) is 1. The molecule has 0 aliphatic carbocycles. The second kappa shape index (κ2) is 5.37. The van der Waals surface area contributed by atoms with Gasteiger partial charge < -0.3 is 5.32 Å². The molecule has 2 aromatic carbocycles. The quantitative estimate of drug-likeness (QED) is 0.841. The molecule has 0 saturated carbocycles. The van der Waals surface area contributed by atoms with Crippen LogP contribution in [0.4, 0.5) is 0 Å². The van der Waals surface area contributed by atoms with E-state index in [1.807, 2.05) is 68.5 Å². The van der Waals surface area contributed by atoms with Gasteiger partial charge in [0.2, 0.25) is 0 Å². The second-order valence-corrected chi connectivity index (χ2v) is 5.17. The van der Waals surface area contributed by atoms with Crippen molar-refractivity contribution in [2.75, 3.05) is 0 Å². The molecule has 104 valence electrons. The summed E-state index contributed by atoms with van der Waals surface area (Å²) in [6.07, 6.45) is 1.83. The zero-order valence-corrected chi connectivity index (χ0v) is 12.1. The van der Waals surface area contributed by atoms with Gasteiger partial charge in [0.05, 0.1) is 0 Å². The molecule has 1 N–H and O–H groups in total. The van der Waals surface area contributed by atoms with Crippen molar-refractivity contribution in [2.24, 2.45) is 4.99 Å². The third-order valence-electron chi connectivity index (χ3n) is 3.47. The molecule has 0 saturated heterocycles. The molecule has 0 unspecified atom stereocenters. The van der Waals surface area contributed by atoms with E-state index in [0.29, 0.717) is 11.5 Å². The Morgan fingerprint density at radius 3 is 2.62 bits per heavy atom. The van der Waals surface area contributed by atoms with Gasteiger partial charge in [-0.3, -0.25) is 4.79 Å². The van der Waals surface area contributed by atoms with Crippen molar-refractivity contribution in [2.45, 2.75) is 13.8 Å². The Balaban J connectivity index is 1.98. The van der Waals surface area contributed by atoms with Gasteiger partial charge in [0, 0.05) is 5.56 Å². The van der Waals surface area contributed by atoms with Gasteiger partial charge in [-0.05, 0) is 37.1 Å². The summed E-state index contributed by atoms with van der Waals surface area (Å²) in [7, 11) is 0. The van der Waals surface area contributed by atoms with E-state index in [-0.39, 0.29) is 5.91 Å². The summed E-state index contributed by atoms with van der Waals surface area (Å²) < 4.78 is 0. The number of amides is 1. The maximum atomic E-state index is 12.1. The highest BCUT2D eigenvalue weighted by Gasteiger charge is 2.21. The number of rotatable bonds is 2. The minimum Gasteiger partial charge on any atom is -0.305 e. The molecule has 0 aromatic heterocycles. The van der Waals surface area contributed by atoms with E-state index in [4.69, 9.17) is 0 Å². The summed E-state index contributed by atoms with van der Waals surface area (Å²) >= 11 is 0. The van der Waals surface area contributed by atoms with Gasteiger partial charge in [-0.1, -0.05) is 48.0 Å². The van der Waals surface area contributed by atoms with Crippen LogP contribution in [0.15, 0.2) is 59.2 Å². The standard InChI is InChI=1S/C18H16N2O/c1-12-6-5-9-15(10-12)17-19-16(18(21)20-17)11-14-8-4-3-7-13(14)2/h3-11H,1-2H3,(H,19,20,21)/b16-11-.